The molecule has 5 N–H and O–H groups in total. The maximum Gasteiger partial charge on any atom is 0.303 e. The van der Waals surface area contributed by atoms with Gasteiger partial charge >= 0.3 is 5.97 Å². The van der Waals surface area contributed by atoms with Crippen LogP contribution in [0.1, 0.15) is 19.1 Å². The minimum atomic E-state index is -1.35. The summed E-state index contributed by atoms with van der Waals surface area (Å²) >= 11 is 3.22. The average Bonchev–Trinajstić information content (AvgIpc) is 3.10. The Morgan fingerprint density at radius 1 is 1.26 bits per heavy atom. The number of imidazole rings is 1. The lowest BCUT2D eigenvalue weighted by atomic mass is 10.1. The molecule has 146 valence electrons. The van der Waals surface area contributed by atoms with E-state index in [1.165, 1.54) is 4.57 Å². The van der Waals surface area contributed by atoms with Crippen molar-refractivity contribution in [2.75, 3.05) is 11.9 Å². The van der Waals surface area contributed by atoms with Crippen molar-refractivity contribution in [2.45, 2.75) is 37.4 Å². The quantitative estimate of drug-likeness (QED) is 0.346. The molecule has 1 fully saturated rings. The molecular formula is C14H16BrN5O7. The summed E-state index contributed by atoms with van der Waals surface area (Å²) in [5, 5.41) is 40.5. The zero-order valence-electron chi connectivity index (χ0n) is 13.7. The number of rotatable bonds is 6. The molecule has 1 amide bonds. The van der Waals surface area contributed by atoms with Gasteiger partial charge in [-0.2, -0.15) is 0 Å². The minimum absolute atomic E-state index is 0.0570. The molecule has 13 heteroatoms. The Hall–Kier alpha value is -2.19. The van der Waals surface area contributed by atoms with Crippen LogP contribution >= 0.6 is 15.9 Å². The molecule has 1 aliphatic heterocycles. The van der Waals surface area contributed by atoms with E-state index < -0.39 is 43.0 Å². The van der Waals surface area contributed by atoms with E-state index in [2.05, 4.69) is 36.2 Å². The first-order valence-electron chi connectivity index (χ1n) is 7.86. The topological polar surface area (TPSA) is 180 Å². The Morgan fingerprint density at radius 3 is 2.63 bits per heavy atom. The van der Waals surface area contributed by atoms with Crippen molar-refractivity contribution in [1.82, 2.24) is 19.5 Å². The second-order valence-electron chi connectivity index (χ2n) is 5.82. The number of aliphatic hydroxyl groups excluding tert-OH is 3. The van der Waals surface area contributed by atoms with Gasteiger partial charge in [0, 0.05) is 6.42 Å². The summed E-state index contributed by atoms with van der Waals surface area (Å²) in [6.45, 7) is -0.487. The minimum Gasteiger partial charge on any atom is -0.481 e. The standard InChI is InChI=1S/C14H16BrN5O7/c15-14-19-8-11(18-6(22)1-2-7(23)24)16-4-17-12(8)20(14)13-10(26)9(25)5(3-21)27-13/h4-5,9-10,13,21,25-26H,1-3H2,(H,23,24)(H,16,17,18,22). The number of ether oxygens (including phenoxy) is 1. The maximum absolute atomic E-state index is 11.9. The van der Waals surface area contributed by atoms with Gasteiger partial charge in [0.2, 0.25) is 5.91 Å². The smallest absolute Gasteiger partial charge is 0.303 e. The zero-order valence-corrected chi connectivity index (χ0v) is 15.3. The third-order valence-corrected chi connectivity index (χ3v) is 4.59. The number of nitrogens with one attached hydrogen (secondary N) is 1. The van der Waals surface area contributed by atoms with Gasteiger partial charge in [-0.15, -0.1) is 0 Å². The lowest BCUT2D eigenvalue weighted by molar-refractivity contribution is -0.138. The van der Waals surface area contributed by atoms with Crippen molar-refractivity contribution >= 4 is 44.8 Å². The number of fused-ring (bicyclic) bond motifs is 1. The number of carboxylic acid groups (broad SMARTS) is 1. The fourth-order valence-electron chi connectivity index (χ4n) is 2.71. The van der Waals surface area contributed by atoms with Crippen LogP contribution in [0.2, 0.25) is 0 Å². The number of carbonyl (C=O) groups excluding carboxylic acids is 1. The van der Waals surface area contributed by atoms with E-state index in [0.717, 1.165) is 6.33 Å². The molecule has 0 bridgehead atoms. The van der Waals surface area contributed by atoms with E-state index in [0.29, 0.717) is 0 Å². The summed E-state index contributed by atoms with van der Waals surface area (Å²) in [4.78, 5) is 34.7. The average molecular weight is 446 g/mol. The number of aromatic nitrogens is 4. The number of hydrogen-bond acceptors (Lipinski definition) is 9. The van der Waals surface area contributed by atoms with Crippen LogP contribution in [-0.2, 0) is 14.3 Å². The van der Waals surface area contributed by atoms with E-state index in [9.17, 15) is 24.9 Å². The molecule has 3 rings (SSSR count). The highest BCUT2D eigenvalue weighted by molar-refractivity contribution is 9.10. The lowest BCUT2D eigenvalue weighted by Crippen LogP contribution is -2.33. The Morgan fingerprint density at radius 2 is 2.00 bits per heavy atom. The monoisotopic (exact) mass is 445 g/mol. The van der Waals surface area contributed by atoms with Crippen LogP contribution in [-0.4, -0.2) is 76.7 Å². The molecule has 2 aromatic heterocycles. The molecule has 0 aromatic carbocycles. The lowest BCUT2D eigenvalue weighted by Gasteiger charge is -2.17. The Bertz CT molecular complexity index is 875. The number of aliphatic hydroxyl groups is 3. The van der Waals surface area contributed by atoms with Crippen LogP contribution in [0.3, 0.4) is 0 Å². The molecule has 2 aromatic rings. The first-order valence-corrected chi connectivity index (χ1v) is 8.65. The second kappa shape index (κ2) is 7.82. The van der Waals surface area contributed by atoms with Crippen molar-refractivity contribution in [3.8, 4) is 0 Å². The summed E-state index contributed by atoms with van der Waals surface area (Å²) in [6.07, 6.45) is -4.13. The summed E-state index contributed by atoms with van der Waals surface area (Å²) in [7, 11) is 0. The van der Waals surface area contributed by atoms with Gasteiger partial charge < -0.3 is 30.5 Å². The van der Waals surface area contributed by atoms with Crippen LogP contribution in [0.5, 0.6) is 0 Å². The van der Waals surface area contributed by atoms with Gasteiger partial charge in [0.05, 0.1) is 13.0 Å². The van der Waals surface area contributed by atoms with Crippen LogP contribution < -0.4 is 5.32 Å². The number of nitrogens with zero attached hydrogens (tertiary/aromatic N) is 4. The first kappa shape index (κ1) is 19.6. The van der Waals surface area contributed by atoms with Crippen molar-refractivity contribution in [2.24, 2.45) is 0 Å². The Balaban J connectivity index is 1.92. The van der Waals surface area contributed by atoms with Crippen molar-refractivity contribution in [1.29, 1.82) is 0 Å². The van der Waals surface area contributed by atoms with E-state index in [1.54, 1.807) is 0 Å². The van der Waals surface area contributed by atoms with Gasteiger partial charge in [-0.05, 0) is 15.9 Å². The van der Waals surface area contributed by atoms with Crippen LogP contribution in [0, 0.1) is 0 Å². The molecule has 27 heavy (non-hydrogen) atoms. The van der Waals surface area contributed by atoms with E-state index >= 15 is 0 Å². The number of anilines is 1. The van der Waals surface area contributed by atoms with Crippen LogP contribution in [0.25, 0.3) is 11.2 Å². The highest BCUT2D eigenvalue weighted by Crippen LogP contribution is 2.35. The predicted octanol–water partition coefficient (Wildman–Crippen LogP) is -0.996. The number of amides is 1. The van der Waals surface area contributed by atoms with Crippen molar-refractivity contribution in [3.63, 3.8) is 0 Å². The molecule has 12 nitrogen and oxygen atoms in total. The van der Waals surface area contributed by atoms with Crippen LogP contribution in [0.15, 0.2) is 11.1 Å². The zero-order chi connectivity index (χ0) is 19.7. The normalized spacial score (nSPS) is 25.0. The molecule has 1 saturated heterocycles. The van der Waals surface area contributed by atoms with E-state index in [-0.39, 0.29) is 34.6 Å². The SMILES string of the molecule is O=C(O)CCC(=O)Nc1ncnc2c1nc(Br)n2C1OC(CO)C(O)C1O. The third-order valence-electron chi connectivity index (χ3n) is 4.03. The second-order valence-corrected chi connectivity index (χ2v) is 6.53. The highest BCUT2D eigenvalue weighted by atomic mass is 79.9. The summed E-state index contributed by atoms with van der Waals surface area (Å²) in [5.74, 6) is -1.60. The molecule has 3 heterocycles. The molecule has 0 spiro atoms. The molecule has 0 saturated carbocycles. The van der Waals surface area contributed by atoms with Gasteiger partial charge in [0.1, 0.15) is 24.6 Å². The Labute approximate surface area is 160 Å². The summed E-state index contributed by atoms with van der Waals surface area (Å²) in [5.41, 5.74) is 0.367. The molecule has 4 atom stereocenters. The molecule has 1 aliphatic rings. The molecule has 0 aliphatic carbocycles. The van der Waals surface area contributed by atoms with Gasteiger partial charge in [0.25, 0.3) is 0 Å². The van der Waals surface area contributed by atoms with E-state index in [1.807, 2.05) is 0 Å². The van der Waals surface area contributed by atoms with Gasteiger partial charge in [-0.1, -0.05) is 0 Å². The van der Waals surface area contributed by atoms with Crippen molar-refractivity contribution < 1.29 is 34.8 Å². The fourth-order valence-corrected chi connectivity index (χ4v) is 3.25. The number of carboxylic acids is 1. The fraction of sp³-hybridized carbons (Fsp3) is 0.500. The number of carbonyl (C=O) groups is 2. The van der Waals surface area contributed by atoms with Gasteiger partial charge in [0.15, 0.2) is 27.9 Å². The maximum atomic E-state index is 11.9. The number of halogens is 1. The van der Waals surface area contributed by atoms with Gasteiger partial charge in [-0.3, -0.25) is 14.2 Å². The van der Waals surface area contributed by atoms with Gasteiger partial charge in [-0.25, -0.2) is 15.0 Å². The molecule has 0 radical (unpaired) electrons. The Kier molecular flexibility index (Phi) is 5.67. The predicted molar refractivity (Wildman–Crippen MR) is 91.5 cm³/mol. The number of aliphatic carboxylic acids is 1. The molecular weight excluding hydrogens is 430 g/mol. The van der Waals surface area contributed by atoms with Crippen molar-refractivity contribution in [3.05, 3.63) is 11.1 Å². The molecule has 4 unspecified atom stereocenters. The van der Waals surface area contributed by atoms with E-state index in [4.69, 9.17) is 9.84 Å². The summed E-state index contributed by atoms with van der Waals surface area (Å²) in [6, 6.07) is 0. The largest absolute Gasteiger partial charge is 0.481 e. The highest BCUT2D eigenvalue weighted by Gasteiger charge is 2.44. The number of hydrogen-bond donors (Lipinski definition) is 5. The third kappa shape index (κ3) is 3.77. The summed E-state index contributed by atoms with van der Waals surface area (Å²) < 4.78 is 7.03. The van der Waals surface area contributed by atoms with Crippen LogP contribution in [0.4, 0.5) is 5.82 Å². The first-order chi connectivity index (χ1) is 12.8.